The summed E-state index contributed by atoms with van der Waals surface area (Å²) in [6.45, 7) is 2.56. The van der Waals surface area contributed by atoms with Gasteiger partial charge in [-0.25, -0.2) is 0 Å². The lowest BCUT2D eigenvalue weighted by molar-refractivity contribution is -0.0150. The lowest BCUT2D eigenvalue weighted by Gasteiger charge is -2.40. The Morgan fingerprint density at radius 1 is 1.27 bits per heavy atom. The Morgan fingerprint density at radius 2 is 2.07 bits per heavy atom. The fraction of sp³-hybridized carbons (Fsp3) is 1.00. The van der Waals surface area contributed by atoms with Gasteiger partial charge in [-0.05, 0) is 12.3 Å². The maximum absolute atomic E-state index is 9.53. The number of ether oxygens (including phenoxy) is 1. The Morgan fingerprint density at radius 3 is 2.67 bits per heavy atom. The summed E-state index contributed by atoms with van der Waals surface area (Å²) in [7, 11) is 0. The molecule has 0 radical (unpaired) electrons. The van der Waals surface area contributed by atoms with Crippen molar-refractivity contribution in [2.24, 2.45) is 5.92 Å². The fourth-order valence-electron chi connectivity index (χ4n) is 2.95. The van der Waals surface area contributed by atoms with Crippen molar-refractivity contribution in [2.45, 2.75) is 44.1 Å². The molecule has 0 aromatic rings. The molecule has 1 atom stereocenters. The molecule has 2 aliphatic rings. The molecule has 0 spiro atoms. The van der Waals surface area contributed by atoms with Crippen LogP contribution in [-0.4, -0.2) is 37.0 Å². The summed E-state index contributed by atoms with van der Waals surface area (Å²) in [6.07, 6.45) is 7.89. The van der Waals surface area contributed by atoms with Gasteiger partial charge in [0, 0.05) is 6.54 Å². The summed E-state index contributed by atoms with van der Waals surface area (Å²) in [4.78, 5) is 0. The minimum Gasteiger partial charge on any atom is -0.394 e. The van der Waals surface area contributed by atoms with E-state index in [1.165, 1.54) is 32.1 Å². The highest BCUT2D eigenvalue weighted by atomic mass is 16.5. The quantitative estimate of drug-likeness (QED) is 0.742. The summed E-state index contributed by atoms with van der Waals surface area (Å²) in [5, 5.41) is 13.0. The van der Waals surface area contributed by atoms with Crippen LogP contribution >= 0.6 is 0 Å². The second kappa shape index (κ2) is 5.28. The molecule has 0 aromatic heterocycles. The highest BCUT2D eigenvalue weighted by molar-refractivity contribution is 4.92. The number of hydrogen-bond acceptors (Lipinski definition) is 3. The molecule has 3 nitrogen and oxygen atoms in total. The van der Waals surface area contributed by atoms with Crippen molar-refractivity contribution in [3.05, 3.63) is 0 Å². The molecular weight excluding hydrogens is 190 g/mol. The summed E-state index contributed by atoms with van der Waals surface area (Å²) in [5.74, 6) is 0.792. The van der Waals surface area contributed by atoms with Crippen molar-refractivity contribution in [3.63, 3.8) is 0 Å². The van der Waals surface area contributed by atoms with Crippen molar-refractivity contribution < 1.29 is 9.84 Å². The minimum atomic E-state index is -0.139. The number of nitrogens with one attached hydrogen (secondary N) is 1. The second-order valence-corrected chi connectivity index (χ2v) is 5.13. The molecule has 1 saturated carbocycles. The van der Waals surface area contributed by atoms with E-state index in [1.807, 2.05) is 0 Å². The molecule has 88 valence electrons. The van der Waals surface area contributed by atoms with Crippen LogP contribution in [0.3, 0.4) is 0 Å². The lowest BCUT2D eigenvalue weighted by atomic mass is 9.79. The first-order chi connectivity index (χ1) is 7.35. The van der Waals surface area contributed by atoms with Crippen LogP contribution in [0.25, 0.3) is 0 Å². The van der Waals surface area contributed by atoms with Gasteiger partial charge in [0.15, 0.2) is 0 Å². The van der Waals surface area contributed by atoms with Crippen molar-refractivity contribution in [1.29, 1.82) is 0 Å². The van der Waals surface area contributed by atoms with E-state index in [9.17, 15) is 5.11 Å². The highest BCUT2D eigenvalue weighted by Crippen LogP contribution is 2.31. The van der Waals surface area contributed by atoms with Crippen LogP contribution < -0.4 is 5.32 Å². The number of aliphatic hydroxyl groups is 1. The number of aliphatic hydroxyl groups excluding tert-OH is 1. The van der Waals surface area contributed by atoms with Gasteiger partial charge < -0.3 is 15.2 Å². The zero-order valence-electron chi connectivity index (χ0n) is 9.50. The zero-order chi connectivity index (χ0) is 10.6. The molecule has 1 saturated heterocycles. The third kappa shape index (κ3) is 2.92. The van der Waals surface area contributed by atoms with Gasteiger partial charge in [-0.2, -0.15) is 0 Å². The Balaban J connectivity index is 1.87. The molecule has 0 aromatic carbocycles. The van der Waals surface area contributed by atoms with Gasteiger partial charge in [0.25, 0.3) is 0 Å². The van der Waals surface area contributed by atoms with Crippen LogP contribution in [0.4, 0.5) is 0 Å². The third-order valence-corrected chi connectivity index (χ3v) is 3.83. The summed E-state index contributed by atoms with van der Waals surface area (Å²) < 4.78 is 5.50. The van der Waals surface area contributed by atoms with Crippen molar-refractivity contribution in [1.82, 2.24) is 5.32 Å². The van der Waals surface area contributed by atoms with Gasteiger partial charge in [0.1, 0.15) is 0 Å². The van der Waals surface area contributed by atoms with E-state index in [2.05, 4.69) is 5.32 Å². The second-order valence-electron chi connectivity index (χ2n) is 5.13. The van der Waals surface area contributed by atoms with Crippen LogP contribution in [0.15, 0.2) is 0 Å². The molecule has 3 heteroatoms. The van der Waals surface area contributed by atoms with Crippen LogP contribution in [0.2, 0.25) is 0 Å². The van der Waals surface area contributed by atoms with Crippen molar-refractivity contribution in [3.8, 4) is 0 Å². The molecule has 2 rings (SSSR count). The third-order valence-electron chi connectivity index (χ3n) is 3.83. The Kier molecular flexibility index (Phi) is 4.00. The molecular formula is C12H23NO2. The molecule has 0 bridgehead atoms. The largest absolute Gasteiger partial charge is 0.394 e. The summed E-state index contributed by atoms with van der Waals surface area (Å²) in [5.41, 5.74) is -0.139. The molecule has 15 heavy (non-hydrogen) atoms. The first-order valence-electron chi connectivity index (χ1n) is 6.28. The highest BCUT2D eigenvalue weighted by Gasteiger charge is 2.34. The normalized spacial score (nSPS) is 34.2. The molecule has 1 unspecified atom stereocenters. The zero-order valence-corrected chi connectivity index (χ0v) is 9.50. The lowest BCUT2D eigenvalue weighted by Crippen LogP contribution is -2.57. The fourth-order valence-corrected chi connectivity index (χ4v) is 2.95. The predicted molar refractivity (Wildman–Crippen MR) is 59.8 cm³/mol. The summed E-state index contributed by atoms with van der Waals surface area (Å²) in [6, 6.07) is 0. The number of hydrogen-bond donors (Lipinski definition) is 2. The van der Waals surface area contributed by atoms with Gasteiger partial charge in [-0.15, -0.1) is 0 Å². The Hall–Kier alpha value is -0.120. The van der Waals surface area contributed by atoms with Crippen LogP contribution in [0.5, 0.6) is 0 Å². The van der Waals surface area contributed by atoms with Crippen LogP contribution in [0, 0.1) is 5.92 Å². The molecule has 1 heterocycles. The average Bonchev–Trinajstić information content (AvgIpc) is 2.32. The van der Waals surface area contributed by atoms with E-state index in [-0.39, 0.29) is 12.1 Å². The van der Waals surface area contributed by atoms with E-state index in [1.54, 1.807) is 0 Å². The van der Waals surface area contributed by atoms with Gasteiger partial charge in [-0.1, -0.05) is 32.1 Å². The number of rotatable bonds is 3. The molecule has 2 N–H and O–H groups in total. The maximum atomic E-state index is 9.53. The predicted octanol–water partition coefficient (Wildman–Crippen LogP) is 1.31. The smallest absolute Gasteiger partial charge is 0.0671 e. The van der Waals surface area contributed by atoms with Gasteiger partial charge >= 0.3 is 0 Å². The van der Waals surface area contributed by atoms with Crippen molar-refractivity contribution in [2.75, 3.05) is 26.4 Å². The summed E-state index contributed by atoms with van der Waals surface area (Å²) >= 11 is 0. The maximum Gasteiger partial charge on any atom is 0.0671 e. The monoisotopic (exact) mass is 213 g/mol. The SMILES string of the molecule is OCC1(CC2CCCCC2)COCCN1. The van der Waals surface area contributed by atoms with Gasteiger partial charge in [0.05, 0.1) is 25.4 Å². The van der Waals surface area contributed by atoms with Crippen molar-refractivity contribution >= 4 is 0 Å². The molecule has 1 aliphatic carbocycles. The van der Waals surface area contributed by atoms with E-state index in [0.29, 0.717) is 6.61 Å². The average molecular weight is 213 g/mol. The first-order valence-corrected chi connectivity index (χ1v) is 6.28. The van der Waals surface area contributed by atoms with Gasteiger partial charge in [-0.3, -0.25) is 0 Å². The standard InChI is InChI=1S/C12H23NO2/c14-9-12(10-15-7-6-13-12)8-11-4-2-1-3-5-11/h11,13-14H,1-10H2. The van der Waals surface area contributed by atoms with Crippen LogP contribution in [-0.2, 0) is 4.74 Å². The van der Waals surface area contributed by atoms with E-state index >= 15 is 0 Å². The van der Waals surface area contributed by atoms with E-state index in [0.717, 1.165) is 25.5 Å². The Labute approximate surface area is 92.2 Å². The van der Waals surface area contributed by atoms with E-state index < -0.39 is 0 Å². The van der Waals surface area contributed by atoms with Crippen LogP contribution in [0.1, 0.15) is 38.5 Å². The molecule has 0 amide bonds. The van der Waals surface area contributed by atoms with Gasteiger partial charge in [0.2, 0.25) is 0 Å². The molecule has 2 fully saturated rings. The molecule has 1 aliphatic heterocycles. The minimum absolute atomic E-state index is 0.139. The Bertz CT molecular complexity index is 184. The topological polar surface area (TPSA) is 41.5 Å². The first kappa shape index (κ1) is 11.4. The van der Waals surface area contributed by atoms with E-state index in [4.69, 9.17) is 4.74 Å². The number of morpholine rings is 1.